The molecule has 0 saturated carbocycles. The molecule has 0 aliphatic heterocycles. The summed E-state index contributed by atoms with van der Waals surface area (Å²) in [5.41, 5.74) is 6.64. The fourth-order valence-corrected chi connectivity index (χ4v) is 2.33. The van der Waals surface area contributed by atoms with E-state index in [0.29, 0.717) is 16.9 Å². The van der Waals surface area contributed by atoms with Gasteiger partial charge < -0.3 is 9.15 Å². The SMILES string of the molecule is COc1ccc2c(CC(=O)NNC(=O)c3ccccc3)coc2c1. The van der Waals surface area contributed by atoms with Gasteiger partial charge in [-0.05, 0) is 24.3 Å². The molecule has 0 atom stereocenters. The van der Waals surface area contributed by atoms with Gasteiger partial charge in [-0.2, -0.15) is 0 Å². The van der Waals surface area contributed by atoms with Crippen molar-refractivity contribution < 1.29 is 18.7 Å². The van der Waals surface area contributed by atoms with Gasteiger partial charge in [0.05, 0.1) is 19.8 Å². The normalized spacial score (nSPS) is 10.4. The van der Waals surface area contributed by atoms with Gasteiger partial charge in [-0.1, -0.05) is 18.2 Å². The largest absolute Gasteiger partial charge is 0.497 e. The number of methoxy groups -OCH3 is 1. The van der Waals surface area contributed by atoms with E-state index < -0.39 is 0 Å². The van der Waals surface area contributed by atoms with Crippen molar-refractivity contribution in [2.75, 3.05) is 7.11 Å². The number of benzene rings is 2. The van der Waals surface area contributed by atoms with Gasteiger partial charge in [-0.15, -0.1) is 0 Å². The fraction of sp³-hybridized carbons (Fsp3) is 0.111. The molecule has 1 aromatic heterocycles. The highest BCUT2D eigenvalue weighted by molar-refractivity contribution is 5.96. The second kappa shape index (κ2) is 6.87. The Bertz CT molecular complexity index is 871. The topological polar surface area (TPSA) is 80.6 Å². The lowest BCUT2D eigenvalue weighted by molar-refractivity contribution is -0.121. The van der Waals surface area contributed by atoms with Crippen LogP contribution in [0.5, 0.6) is 5.75 Å². The Morgan fingerprint density at radius 1 is 1.08 bits per heavy atom. The third-order valence-corrected chi connectivity index (χ3v) is 3.57. The molecule has 24 heavy (non-hydrogen) atoms. The lowest BCUT2D eigenvalue weighted by Gasteiger charge is -2.06. The van der Waals surface area contributed by atoms with Gasteiger partial charge in [-0.3, -0.25) is 20.4 Å². The molecule has 3 rings (SSSR count). The van der Waals surface area contributed by atoms with Crippen molar-refractivity contribution in [3.63, 3.8) is 0 Å². The van der Waals surface area contributed by atoms with Crippen LogP contribution in [0, 0.1) is 0 Å². The van der Waals surface area contributed by atoms with E-state index in [1.165, 1.54) is 6.26 Å². The molecule has 0 saturated heterocycles. The molecular formula is C18H16N2O4. The fourth-order valence-electron chi connectivity index (χ4n) is 2.33. The van der Waals surface area contributed by atoms with E-state index in [2.05, 4.69) is 10.9 Å². The first-order chi connectivity index (χ1) is 11.7. The van der Waals surface area contributed by atoms with Crippen molar-refractivity contribution >= 4 is 22.8 Å². The molecular weight excluding hydrogens is 308 g/mol. The summed E-state index contributed by atoms with van der Waals surface area (Å²) in [6.45, 7) is 0. The molecule has 0 aliphatic carbocycles. The number of hydrogen-bond acceptors (Lipinski definition) is 4. The Morgan fingerprint density at radius 3 is 2.62 bits per heavy atom. The summed E-state index contributed by atoms with van der Waals surface area (Å²) < 4.78 is 10.6. The molecule has 0 unspecified atom stereocenters. The highest BCUT2D eigenvalue weighted by Crippen LogP contribution is 2.25. The average Bonchev–Trinajstić information content (AvgIpc) is 3.02. The molecule has 0 aliphatic rings. The van der Waals surface area contributed by atoms with Crippen LogP contribution >= 0.6 is 0 Å². The minimum Gasteiger partial charge on any atom is -0.497 e. The van der Waals surface area contributed by atoms with E-state index in [0.717, 1.165) is 10.9 Å². The summed E-state index contributed by atoms with van der Waals surface area (Å²) in [6.07, 6.45) is 1.62. The number of rotatable bonds is 4. The van der Waals surface area contributed by atoms with E-state index in [1.807, 2.05) is 12.1 Å². The number of ether oxygens (including phenoxy) is 1. The zero-order valence-electron chi connectivity index (χ0n) is 13.0. The van der Waals surface area contributed by atoms with Crippen LogP contribution in [0.1, 0.15) is 15.9 Å². The maximum atomic E-state index is 12.0. The minimum absolute atomic E-state index is 0.0917. The van der Waals surface area contributed by atoms with Crippen molar-refractivity contribution in [2.45, 2.75) is 6.42 Å². The summed E-state index contributed by atoms with van der Waals surface area (Å²) in [5.74, 6) is -0.0217. The van der Waals surface area contributed by atoms with Gasteiger partial charge in [0, 0.05) is 22.6 Å². The number of furan rings is 1. The quantitative estimate of drug-likeness (QED) is 0.722. The molecule has 3 aromatic rings. The summed E-state index contributed by atoms with van der Waals surface area (Å²) in [5, 5.41) is 0.834. The first kappa shape index (κ1) is 15.6. The van der Waals surface area contributed by atoms with Crippen LogP contribution in [0.2, 0.25) is 0 Å². The third-order valence-electron chi connectivity index (χ3n) is 3.57. The smallest absolute Gasteiger partial charge is 0.269 e. The predicted molar refractivity (Wildman–Crippen MR) is 88.5 cm³/mol. The number of nitrogens with one attached hydrogen (secondary N) is 2. The van der Waals surface area contributed by atoms with E-state index in [-0.39, 0.29) is 18.2 Å². The highest BCUT2D eigenvalue weighted by Gasteiger charge is 2.12. The van der Waals surface area contributed by atoms with Crippen LogP contribution in [-0.4, -0.2) is 18.9 Å². The Morgan fingerprint density at radius 2 is 1.88 bits per heavy atom. The molecule has 0 spiro atoms. The van der Waals surface area contributed by atoms with Gasteiger partial charge >= 0.3 is 0 Å². The Kier molecular flexibility index (Phi) is 4.47. The van der Waals surface area contributed by atoms with Crippen molar-refractivity contribution in [1.29, 1.82) is 0 Å². The Hall–Kier alpha value is -3.28. The molecule has 122 valence electrons. The lowest BCUT2D eigenvalue weighted by atomic mass is 10.1. The van der Waals surface area contributed by atoms with Crippen LogP contribution < -0.4 is 15.6 Å². The summed E-state index contributed by atoms with van der Waals surface area (Å²) in [7, 11) is 1.58. The second-order valence-corrected chi connectivity index (χ2v) is 5.17. The van der Waals surface area contributed by atoms with Crippen LogP contribution in [0.3, 0.4) is 0 Å². The molecule has 2 aromatic carbocycles. The van der Waals surface area contributed by atoms with Gasteiger partial charge in [0.15, 0.2) is 0 Å². The maximum absolute atomic E-state index is 12.0. The number of hydrogen-bond donors (Lipinski definition) is 2. The van der Waals surface area contributed by atoms with E-state index in [4.69, 9.17) is 9.15 Å². The molecule has 1 heterocycles. The number of carbonyl (C=O) groups is 2. The molecule has 0 bridgehead atoms. The molecule has 0 fully saturated rings. The zero-order chi connectivity index (χ0) is 16.9. The van der Waals surface area contributed by atoms with Crippen molar-refractivity contribution in [3.8, 4) is 5.75 Å². The third kappa shape index (κ3) is 3.38. The summed E-state index contributed by atoms with van der Waals surface area (Å²) in [4.78, 5) is 23.9. The number of hydrazine groups is 1. The monoisotopic (exact) mass is 324 g/mol. The molecule has 0 radical (unpaired) electrons. The van der Waals surface area contributed by atoms with Crippen LogP contribution in [0.25, 0.3) is 11.0 Å². The van der Waals surface area contributed by atoms with E-state index in [1.54, 1.807) is 43.5 Å². The molecule has 2 N–H and O–H groups in total. The molecule has 6 nitrogen and oxygen atoms in total. The van der Waals surface area contributed by atoms with Gasteiger partial charge in [0.2, 0.25) is 5.91 Å². The summed E-state index contributed by atoms with van der Waals surface area (Å²) >= 11 is 0. The standard InChI is InChI=1S/C18H16N2O4/c1-23-14-7-8-15-13(11-24-16(15)10-14)9-17(21)19-20-18(22)12-5-3-2-4-6-12/h2-8,10-11H,9H2,1H3,(H,19,21)(H,20,22). The lowest BCUT2D eigenvalue weighted by Crippen LogP contribution is -2.42. The number of amides is 2. The van der Waals surface area contributed by atoms with Gasteiger partial charge in [0.25, 0.3) is 5.91 Å². The predicted octanol–water partition coefficient (Wildman–Crippen LogP) is 2.45. The van der Waals surface area contributed by atoms with Gasteiger partial charge in [0.1, 0.15) is 11.3 Å². The van der Waals surface area contributed by atoms with Crippen molar-refractivity contribution in [3.05, 3.63) is 65.9 Å². The first-order valence-corrected chi connectivity index (χ1v) is 7.35. The van der Waals surface area contributed by atoms with Crippen molar-refractivity contribution in [2.24, 2.45) is 0 Å². The number of fused-ring (bicyclic) bond motifs is 1. The van der Waals surface area contributed by atoms with Crippen LogP contribution in [-0.2, 0) is 11.2 Å². The minimum atomic E-state index is -0.370. The van der Waals surface area contributed by atoms with Crippen molar-refractivity contribution in [1.82, 2.24) is 10.9 Å². The zero-order valence-corrected chi connectivity index (χ0v) is 13.0. The highest BCUT2D eigenvalue weighted by atomic mass is 16.5. The van der Waals surface area contributed by atoms with Crippen LogP contribution in [0.4, 0.5) is 0 Å². The molecule has 2 amide bonds. The Labute approximate surface area is 138 Å². The van der Waals surface area contributed by atoms with Gasteiger partial charge in [-0.25, -0.2) is 0 Å². The summed E-state index contributed by atoms with van der Waals surface area (Å²) in [6, 6.07) is 14.0. The van der Waals surface area contributed by atoms with E-state index >= 15 is 0 Å². The number of carbonyl (C=O) groups excluding carboxylic acids is 2. The first-order valence-electron chi connectivity index (χ1n) is 7.35. The van der Waals surface area contributed by atoms with E-state index in [9.17, 15) is 9.59 Å². The average molecular weight is 324 g/mol. The van der Waals surface area contributed by atoms with Crippen LogP contribution in [0.15, 0.2) is 59.2 Å². The maximum Gasteiger partial charge on any atom is 0.269 e. The Balaban J connectivity index is 1.62. The second-order valence-electron chi connectivity index (χ2n) is 5.17. The molecule has 6 heteroatoms.